The van der Waals surface area contributed by atoms with Crippen LogP contribution in [0, 0.1) is 11.6 Å². The summed E-state index contributed by atoms with van der Waals surface area (Å²) in [6, 6.07) is 11.7. The minimum absolute atomic E-state index is 0.0258. The van der Waals surface area contributed by atoms with Gasteiger partial charge in [0.15, 0.2) is 11.6 Å². The third kappa shape index (κ3) is 6.01. The number of hydrogen-bond donors (Lipinski definition) is 2. The molecule has 2 aliphatic heterocycles. The van der Waals surface area contributed by atoms with E-state index in [0.717, 1.165) is 17.7 Å². The van der Waals surface area contributed by atoms with Crippen LogP contribution in [0.25, 0.3) is 5.70 Å². The Kier molecular flexibility index (Phi) is 8.30. The van der Waals surface area contributed by atoms with Gasteiger partial charge in [0.25, 0.3) is 0 Å². The number of nitrogens with two attached hydrogens (primary N) is 2. The van der Waals surface area contributed by atoms with E-state index in [1.54, 1.807) is 20.8 Å². The molecule has 0 radical (unpaired) electrons. The van der Waals surface area contributed by atoms with Gasteiger partial charge in [-0.2, -0.15) is 0 Å². The zero-order valence-corrected chi connectivity index (χ0v) is 23.7. The number of hydrogen-bond acceptors (Lipinski definition) is 7. The van der Waals surface area contributed by atoms with Crippen LogP contribution >= 0.6 is 0 Å². The molecule has 1 saturated heterocycles. The number of nitrogens with zero attached hydrogens (tertiary/aromatic N) is 2. The molecule has 40 heavy (non-hydrogen) atoms. The molecule has 4 N–H and O–H groups in total. The fourth-order valence-corrected chi connectivity index (χ4v) is 5.34. The van der Waals surface area contributed by atoms with Crippen LogP contribution in [0.3, 0.4) is 0 Å². The molecular weight excluding hydrogens is 518 g/mol. The lowest BCUT2D eigenvalue weighted by molar-refractivity contribution is 0.0126. The minimum Gasteiger partial charge on any atom is -0.493 e. The van der Waals surface area contributed by atoms with E-state index in [-0.39, 0.29) is 35.5 Å². The van der Waals surface area contributed by atoms with Crippen molar-refractivity contribution in [3.05, 3.63) is 82.8 Å². The van der Waals surface area contributed by atoms with Gasteiger partial charge in [-0.15, -0.1) is 0 Å². The van der Waals surface area contributed by atoms with E-state index in [1.807, 2.05) is 37.3 Å². The van der Waals surface area contributed by atoms with Crippen LogP contribution in [0.1, 0.15) is 51.7 Å². The Balaban J connectivity index is 1.76. The van der Waals surface area contributed by atoms with Crippen molar-refractivity contribution in [2.75, 3.05) is 20.2 Å². The molecule has 2 unspecified atom stereocenters. The topological polar surface area (TPSA) is 103 Å². The van der Waals surface area contributed by atoms with Crippen molar-refractivity contribution in [3.63, 3.8) is 0 Å². The van der Waals surface area contributed by atoms with Gasteiger partial charge in [-0.3, -0.25) is 4.90 Å². The molecular formula is C30H38F2N4O4. The second-order valence-electron chi connectivity index (χ2n) is 11.2. The molecule has 8 nitrogen and oxygen atoms in total. The number of carbonyl (C=O) groups excluding carboxylic acids is 1. The molecule has 2 aromatic carbocycles. The summed E-state index contributed by atoms with van der Waals surface area (Å²) in [7, 11) is 1.28. The molecule has 0 bridgehead atoms. The zero-order valence-electron chi connectivity index (χ0n) is 23.7. The third-order valence-electron chi connectivity index (χ3n) is 7.28. The summed E-state index contributed by atoms with van der Waals surface area (Å²) >= 11 is 0. The molecule has 2 heterocycles. The third-order valence-corrected chi connectivity index (χ3v) is 7.28. The lowest BCUT2D eigenvalue weighted by Crippen LogP contribution is -2.58. The van der Waals surface area contributed by atoms with Crippen LogP contribution in [0.4, 0.5) is 13.6 Å². The predicted molar refractivity (Wildman–Crippen MR) is 149 cm³/mol. The number of allylic oxidation sites excluding steroid dienone is 1. The summed E-state index contributed by atoms with van der Waals surface area (Å²) in [6.07, 6.45) is 2.06. The molecule has 0 saturated carbocycles. The first-order valence-electron chi connectivity index (χ1n) is 13.3. The molecule has 1 amide bonds. The van der Waals surface area contributed by atoms with Crippen molar-refractivity contribution >= 4 is 11.8 Å². The van der Waals surface area contributed by atoms with Gasteiger partial charge in [-0.1, -0.05) is 37.3 Å². The Morgan fingerprint density at radius 1 is 1.20 bits per heavy atom. The molecule has 0 spiro atoms. The second kappa shape index (κ2) is 11.4. The molecule has 0 aromatic heterocycles. The van der Waals surface area contributed by atoms with Crippen LogP contribution in [0.2, 0.25) is 0 Å². The number of benzene rings is 2. The van der Waals surface area contributed by atoms with E-state index in [1.165, 1.54) is 18.1 Å². The van der Waals surface area contributed by atoms with Crippen molar-refractivity contribution in [1.29, 1.82) is 0 Å². The first-order valence-corrected chi connectivity index (χ1v) is 13.3. The molecule has 1 fully saturated rings. The first kappa shape index (κ1) is 29.2. The summed E-state index contributed by atoms with van der Waals surface area (Å²) in [5, 5.41) is 0. The molecule has 4 rings (SSSR count). The monoisotopic (exact) mass is 556 g/mol. The van der Waals surface area contributed by atoms with E-state index in [0.29, 0.717) is 31.7 Å². The number of fused-ring (bicyclic) bond motifs is 1. The van der Waals surface area contributed by atoms with Crippen molar-refractivity contribution < 1.29 is 27.8 Å². The van der Waals surface area contributed by atoms with E-state index in [9.17, 15) is 13.6 Å². The highest BCUT2D eigenvalue weighted by molar-refractivity contribution is 5.74. The first-order chi connectivity index (χ1) is 18.9. The van der Waals surface area contributed by atoms with Gasteiger partial charge < -0.3 is 30.6 Å². The van der Waals surface area contributed by atoms with Crippen LogP contribution in [0.5, 0.6) is 5.75 Å². The highest BCUT2D eigenvalue weighted by Crippen LogP contribution is 2.43. The summed E-state index contributed by atoms with van der Waals surface area (Å²) in [5.74, 6) is -1.75. The number of rotatable bonds is 7. The van der Waals surface area contributed by atoms with E-state index in [2.05, 4.69) is 4.90 Å². The van der Waals surface area contributed by atoms with Crippen LogP contribution < -0.4 is 16.2 Å². The molecule has 10 heteroatoms. The number of ether oxygens (including phenoxy) is 3. The maximum Gasteiger partial charge on any atom is 0.416 e. The molecule has 2 atom stereocenters. The number of carbonyl (C=O) groups is 1. The summed E-state index contributed by atoms with van der Waals surface area (Å²) in [5.41, 5.74) is 13.3. The Morgan fingerprint density at radius 2 is 1.90 bits per heavy atom. The average molecular weight is 557 g/mol. The maximum atomic E-state index is 14.5. The van der Waals surface area contributed by atoms with Gasteiger partial charge in [-0.05, 0) is 44.9 Å². The van der Waals surface area contributed by atoms with Gasteiger partial charge in [0.1, 0.15) is 17.2 Å². The fraction of sp³-hybridized carbons (Fsp3) is 0.433. The Bertz CT molecular complexity index is 1310. The van der Waals surface area contributed by atoms with Gasteiger partial charge in [0, 0.05) is 30.3 Å². The van der Waals surface area contributed by atoms with Crippen LogP contribution in [-0.2, 0) is 16.1 Å². The van der Waals surface area contributed by atoms with Gasteiger partial charge in [-0.25, -0.2) is 13.6 Å². The molecule has 216 valence electrons. The van der Waals surface area contributed by atoms with Crippen LogP contribution in [-0.4, -0.2) is 53.3 Å². The van der Waals surface area contributed by atoms with E-state index >= 15 is 0 Å². The molecule has 2 aromatic rings. The zero-order chi connectivity index (χ0) is 29.2. The normalized spacial score (nSPS) is 21.5. The Hall–Kier alpha value is -3.79. The van der Waals surface area contributed by atoms with Crippen LogP contribution in [0.15, 0.2) is 60.1 Å². The average Bonchev–Trinajstić information content (AvgIpc) is 3.27. The molecule has 0 aliphatic carbocycles. The number of amides is 1. The lowest BCUT2D eigenvalue weighted by atomic mass is 9.89. The number of methoxy groups -OCH3 is 1. The SMILES string of the molecule is CCC12CC(OCc3ccccc3)CN1C(/C=C(\N)c1cc(F)cc(F)c1OC)=C(N)N(C(=O)OC(C)(C)C)C2. The smallest absolute Gasteiger partial charge is 0.416 e. The largest absolute Gasteiger partial charge is 0.493 e. The highest BCUT2D eigenvalue weighted by Gasteiger charge is 2.51. The van der Waals surface area contributed by atoms with E-state index < -0.39 is 28.9 Å². The highest BCUT2D eigenvalue weighted by atomic mass is 19.1. The molecule has 2 aliphatic rings. The lowest BCUT2D eigenvalue weighted by Gasteiger charge is -2.48. The quantitative estimate of drug-likeness (QED) is 0.490. The Morgan fingerprint density at radius 3 is 2.52 bits per heavy atom. The summed E-state index contributed by atoms with van der Waals surface area (Å²) in [6.45, 7) is 8.58. The minimum atomic E-state index is -0.881. The second-order valence-corrected chi connectivity index (χ2v) is 11.2. The van der Waals surface area contributed by atoms with Crippen molar-refractivity contribution in [1.82, 2.24) is 9.80 Å². The standard InChI is InChI=1S/C30H38F2N4O4/c1-6-30-15-21(39-17-19-10-8-7-9-11-19)16-36(30)25(27(34)35(18-30)28(37)40-29(2,3)4)14-24(33)22-12-20(31)13-23(32)26(22)38-5/h7-14,21H,6,15-18,33-34H2,1-5H3/b24-14-. The fourth-order valence-electron chi connectivity index (χ4n) is 5.34. The van der Waals surface area contributed by atoms with Crippen molar-refractivity contribution in [3.8, 4) is 5.75 Å². The van der Waals surface area contributed by atoms with Gasteiger partial charge in [0.2, 0.25) is 0 Å². The predicted octanol–water partition coefficient (Wildman–Crippen LogP) is 5.09. The van der Waals surface area contributed by atoms with Gasteiger partial charge in [0.05, 0.1) is 37.6 Å². The van der Waals surface area contributed by atoms with E-state index in [4.69, 9.17) is 25.7 Å². The van der Waals surface area contributed by atoms with Gasteiger partial charge >= 0.3 is 6.09 Å². The van der Waals surface area contributed by atoms with Crippen molar-refractivity contribution in [2.24, 2.45) is 11.5 Å². The Labute approximate surface area is 234 Å². The summed E-state index contributed by atoms with van der Waals surface area (Å²) < 4.78 is 45.8. The van der Waals surface area contributed by atoms with Crippen molar-refractivity contribution in [2.45, 2.75) is 64.4 Å². The maximum absolute atomic E-state index is 14.5. The number of halogens is 2. The summed E-state index contributed by atoms with van der Waals surface area (Å²) in [4.78, 5) is 16.8.